The number of ether oxygens (including phenoxy) is 1. The second-order valence-electron chi connectivity index (χ2n) is 6.07. The molecule has 1 fully saturated rings. The minimum Gasteiger partial charge on any atom is -0.477 e. The number of aromatic nitrogens is 2. The molecule has 25 heavy (non-hydrogen) atoms. The van der Waals surface area contributed by atoms with Crippen molar-refractivity contribution in [1.82, 2.24) is 9.97 Å². The van der Waals surface area contributed by atoms with Crippen molar-refractivity contribution < 1.29 is 17.9 Å². The fraction of sp³-hybridized carbons (Fsp3) is 0.444. The Kier molecular flexibility index (Phi) is 5.11. The first kappa shape index (κ1) is 17.5. The van der Waals surface area contributed by atoms with Crippen molar-refractivity contribution >= 4 is 11.6 Å². The van der Waals surface area contributed by atoms with E-state index in [9.17, 15) is 13.2 Å². The summed E-state index contributed by atoms with van der Waals surface area (Å²) in [5.41, 5.74) is 1.05. The Hall–Kier alpha value is -2.31. The van der Waals surface area contributed by atoms with E-state index in [0.717, 1.165) is 11.9 Å². The molecule has 1 aromatic carbocycles. The highest BCUT2D eigenvalue weighted by Gasteiger charge is 2.36. The maximum absolute atomic E-state index is 12.9. The van der Waals surface area contributed by atoms with Crippen LogP contribution in [-0.4, -0.2) is 16.6 Å². The zero-order valence-corrected chi connectivity index (χ0v) is 13.9. The van der Waals surface area contributed by atoms with E-state index in [-0.39, 0.29) is 12.6 Å². The van der Waals surface area contributed by atoms with Crippen LogP contribution in [0.4, 0.5) is 24.8 Å². The van der Waals surface area contributed by atoms with Crippen molar-refractivity contribution in [3.05, 3.63) is 41.6 Å². The lowest BCUT2D eigenvalue weighted by molar-refractivity contribution is -0.139. The molecular weight excluding hydrogens is 331 g/mol. The molecule has 0 atom stereocenters. The van der Waals surface area contributed by atoms with Crippen molar-refractivity contribution in [3.63, 3.8) is 0 Å². The van der Waals surface area contributed by atoms with Gasteiger partial charge in [-0.2, -0.15) is 18.2 Å². The number of nitrogens with zero attached hydrogens (tertiary/aromatic N) is 2. The van der Waals surface area contributed by atoms with Crippen molar-refractivity contribution in [2.75, 3.05) is 11.9 Å². The van der Waals surface area contributed by atoms with Gasteiger partial charge in [-0.05, 0) is 43.4 Å². The SMILES string of the molecule is CCOc1nc(Nc2ccc(C3CCCC3)cc2)ncc1C(F)(F)F. The predicted octanol–water partition coefficient (Wildman–Crippen LogP) is 5.30. The molecule has 1 heterocycles. The maximum atomic E-state index is 12.9. The van der Waals surface area contributed by atoms with Gasteiger partial charge in [0.05, 0.1) is 6.61 Å². The molecule has 0 radical (unpaired) electrons. The quantitative estimate of drug-likeness (QED) is 0.794. The van der Waals surface area contributed by atoms with Gasteiger partial charge in [-0.15, -0.1) is 0 Å². The molecule has 7 heteroatoms. The van der Waals surface area contributed by atoms with Crippen LogP contribution >= 0.6 is 0 Å². The van der Waals surface area contributed by atoms with Gasteiger partial charge in [0, 0.05) is 11.9 Å². The van der Waals surface area contributed by atoms with Crippen LogP contribution in [0.3, 0.4) is 0 Å². The molecule has 0 bridgehead atoms. The first-order valence-electron chi connectivity index (χ1n) is 8.41. The Labute approximate surface area is 144 Å². The summed E-state index contributed by atoms with van der Waals surface area (Å²) in [6, 6.07) is 7.89. The van der Waals surface area contributed by atoms with E-state index >= 15 is 0 Å². The van der Waals surface area contributed by atoms with Crippen molar-refractivity contribution in [2.24, 2.45) is 0 Å². The number of halogens is 3. The lowest BCUT2D eigenvalue weighted by Gasteiger charge is -2.14. The third kappa shape index (κ3) is 4.21. The summed E-state index contributed by atoms with van der Waals surface area (Å²) < 4.78 is 43.8. The van der Waals surface area contributed by atoms with E-state index in [1.807, 2.05) is 24.3 Å². The van der Waals surface area contributed by atoms with Gasteiger partial charge in [-0.3, -0.25) is 0 Å². The minimum absolute atomic E-state index is 0.0741. The summed E-state index contributed by atoms with van der Waals surface area (Å²) in [4.78, 5) is 7.62. The lowest BCUT2D eigenvalue weighted by atomic mass is 9.98. The summed E-state index contributed by atoms with van der Waals surface area (Å²) in [6.45, 7) is 1.70. The van der Waals surface area contributed by atoms with Crippen LogP contribution in [0.5, 0.6) is 5.88 Å². The van der Waals surface area contributed by atoms with Crippen LogP contribution in [0, 0.1) is 0 Å². The third-order valence-electron chi connectivity index (χ3n) is 4.33. The van der Waals surface area contributed by atoms with Gasteiger partial charge in [0.15, 0.2) is 0 Å². The Balaban J connectivity index is 1.76. The Bertz CT molecular complexity index is 710. The highest BCUT2D eigenvalue weighted by atomic mass is 19.4. The van der Waals surface area contributed by atoms with Gasteiger partial charge in [-0.1, -0.05) is 25.0 Å². The van der Waals surface area contributed by atoms with Gasteiger partial charge in [0.25, 0.3) is 0 Å². The average molecular weight is 351 g/mol. The molecule has 4 nitrogen and oxygen atoms in total. The highest BCUT2D eigenvalue weighted by Crippen LogP contribution is 2.36. The monoisotopic (exact) mass is 351 g/mol. The van der Waals surface area contributed by atoms with Crippen LogP contribution < -0.4 is 10.1 Å². The van der Waals surface area contributed by atoms with Crippen molar-refractivity contribution in [2.45, 2.75) is 44.7 Å². The average Bonchev–Trinajstić information content (AvgIpc) is 3.09. The van der Waals surface area contributed by atoms with E-state index in [0.29, 0.717) is 5.92 Å². The van der Waals surface area contributed by atoms with Crippen LogP contribution in [0.15, 0.2) is 30.5 Å². The van der Waals surface area contributed by atoms with Crippen molar-refractivity contribution in [1.29, 1.82) is 0 Å². The largest absolute Gasteiger partial charge is 0.477 e. The van der Waals surface area contributed by atoms with E-state index in [1.54, 1.807) is 6.92 Å². The topological polar surface area (TPSA) is 47.0 Å². The molecule has 0 unspecified atom stereocenters. The molecule has 3 rings (SSSR count). The fourth-order valence-corrected chi connectivity index (χ4v) is 3.09. The minimum atomic E-state index is -4.55. The summed E-state index contributed by atoms with van der Waals surface area (Å²) in [7, 11) is 0. The van der Waals surface area contributed by atoms with Gasteiger partial charge in [-0.25, -0.2) is 4.98 Å². The molecule has 0 aliphatic heterocycles. The summed E-state index contributed by atoms with van der Waals surface area (Å²) in [5.74, 6) is 0.223. The number of hydrogen-bond acceptors (Lipinski definition) is 4. The Morgan fingerprint density at radius 3 is 2.44 bits per heavy atom. The van der Waals surface area contributed by atoms with Crippen LogP contribution in [0.1, 0.15) is 49.7 Å². The summed E-state index contributed by atoms with van der Waals surface area (Å²) in [6.07, 6.45) is 1.16. The third-order valence-corrected chi connectivity index (χ3v) is 4.33. The van der Waals surface area contributed by atoms with Crippen LogP contribution in [0.2, 0.25) is 0 Å². The summed E-state index contributed by atoms with van der Waals surface area (Å²) >= 11 is 0. The smallest absolute Gasteiger partial charge is 0.423 e. The molecule has 1 aromatic heterocycles. The van der Waals surface area contributed by atoms with E-state index in [2.05, 4.69) is 15.3 Å². The van der Waals surface area contributed by atoms with Crippen molar-refractivity contribution in [3.8, 4) is 5.88 Å². The first-order chi connectivity index (χ1) is 12.0. The number of benzene rings is 1. The molecule has 1 N–H and O–H groups in total. The van der Waals surface area contributed by atoms with Crippen LogP contribution in [0.25, 0.3) is 0 Å². The number of rotatable bonds is 5. The maximum Gasteiger partial charge on any atom is 0.423 e. The summed E-state index contributed by atoms with van der Waals surface area (Å²) in [5, 5.41) is 2.93. The fourth-order valence-electron chi connectivity index (χ4n) is 3.09. The molecule has 0 amide bonds. The second kappa shape index (κ2) is 7.29. The number of alkyl halides is 3. The molecule has 1 saturated carbocycles. The zero-order valence-electron chi connectivity index (χ0n) is 13.9. The zero-order chi connectivity index (χ0) is 17.9. The van der Waals surface area contributed by atoms with Gasteiger partial charge in [0.1, 0.15) is 5.56 Å². The predicted molar refractivity (Wildman–Crippen MR) is 89.1 cm³/mol. The van der Waals surface area contributed by atoms with Gasteiger partial charge >= 0.3 is 6.18 Å². The lowest BCUT2D eigenvalue weighted by Crippen LogP contribution is -2.12. The first-order valence-corrected chi connectivity index (χ1v) is 8.41. The molecule has 0 saturated heterocycles. The Morgan fingerprint density at radius 1 is 1.16 bits per heavy atom. The van der Waals surface area contributed by atoms with Crippen LogP contribution in [-0.2, 0) is 6.18 Å². The number of nitrogens with one attached hydrogen (secondary N) is 1. The molecule has 2 aromatic rings. The molecule has 1 aliphatic rings. The number of anilines is 2. The highest BCUT2D eigenvalue weighted by molar-refractivity contribution is 5.54. The van der Waals surface area contributed by atoms with E-state index in [4.69, 9.17) is 4.74 Å². The molecule has 134 valence electrons. The normalized spacial score (nSPS) is 15.4. The second-order valence-corrected chi connectivity index (χ2v) is 6.07. The molecule has 1 aliphatic carbocycles. The number of hydrogen-bond donors (Lipinski definition) is 1. The Morgan fingerprint density at radius 2 is 1.84 bits per heavy atom. The van der Waals surface area contributed by atoms with Gasteiger partial charge < -0.3 is 10.1 Å². The van der Waals surface area contributed by atoms with Gasteiger partial charge in [0.2, 0.25) is 11.8 Å². The van der Waals surface area contributed by atoms with E-state index in [1.165, 1.54) is 31.2 Å². The molecule has 0 spiro atoms. The standard InChI is InChI=1S/C18H20F3N3O/c1-2-25-16-15(18(19,20)21)11-22-17(24-16)23-14-9-7-13(8-10-14)12-5-3-4-6-12/h7-12H,2-6H2,1H3,(H,22,23,24). The van der Waals surface area contributed by atoms with E-state index < -0.39 is 17.6 Å². The molecular formula is C18H20F3N3O.